The number of ether oxygens (including phenoxy) is 2. The van der Waals surface area contributed by atoms with E-state index in [2.05, 4.69) is 24.0 Å². The van der Waals surface area contributed by atoms with Crippen LogP contribution in [0.25, 0.3) is 10.2 Å². The zero-order valence-corrected chi connectivity index (χ0v) is 16.3. The fraction of sp³-hybridized carbons (Fsp3) is 0.529. The molecule has 2 heterocycles. The van der Waals surface area contributed by atoms with E-state index in [0.717, 1.165) is 39.0 Å². The third kappa shape index (κ3) is 4.71. The van der Waals surface area contributed by atoms with Crippen molar-refractivity contribution in [1.29, 1.82) is 0 Å². The van der Waals surface area contributed by atoms with Gasteiger partial charge >= 0.3 is 0 Å². The number of aliphatic imine (C=N–C) groups is 1. The highest BCUT2D eigenvalue weighted by Gasteiger charge is 2.29. The number of hydrogen-bond donors (Lipinski definition) is 1. The van der Waals surface area contributed by atoms with E-state index in [0.29, 0.717) is 6.61 Å². The molecule has 0 bridgehead atoms. The molecule has 6 nitrogen and oxygen atoms in total. The summed E-state index contributed by atoms with van der Waals surface area (Å²) in [5.41, 5.74) is 0.882. The number of hydrogen-bond acceptors (Lipinski definition) is 8. The second-order valence-electron chi connectivity index (χ2n) is 6.12. The number of nitrogens with zero attached hydrogens (tertiary/aromatic N) is 3. The molecule has 1 aromatic heterocycles. The molecule has 1 N–H and O–H groups in total. The highest BCUT2D eigenvalue weighted by Crippen LogP contribution is 2.32. The van der Waals surface area contributed by atoms with Crippen LogP contribution in [0.4, 0.5) is 0 Å². The van der Waals surface area contributed by atoms with E-state index in [1.807, 2.05) is 6.07 Å². The minimum absolute atomic E-state index is 0.0234. The van der Waals surface area contributed by atoms with Gasteiger partial charge in [-0.05, 0) is 45.3 Å². The molecule has 0 saturated carbocycles. The summed E-state index contributed by atoms with van der Waals surface area (Å²) in [6.45, 7) is 1.64. The van der Waals surface area contributed by atoms with Crippen LogP contribution < -0.4 is 0 Å². The number of aromatic hydroxyl groups is 1. The number of fused-ring (bicyclic) bond motifs is 1. The summed E-state index contributed by atoms with van der Waals surface area (Å²) in [6.07, 6.45) is 0.635. The molecule has 136 valence electrons. The molecular weight excluding hydrogens is 358 g/mol. The van der Waals surface area contributed by atoms with Crippen molar-refractivity contribution in [3.63, 3.8) is 0 Å². The molecular formula is C17H23N3O3S2. The van der Waals surface area contributed by atoms with Crippen LogP contribution in [0.15, 0.2) is 23.2 Å². The Morgan fingerprint density at radius 1 is 1.40 bits per heavy atom. The molecule has 2 atom stereocenters. The maximum atomic E-state index is 9.60. The van der Waals surface area contributed by atoms with Crippen molar-refractivity contribution in [2.75, 3.05) is 40.1 Å². The van der Waals surface area contributed by atoms with Crippen molar-refractivity contribution in [2.24, 2.45) is 4.99 Å². The average Bonchev–Trinajstić information content (AvgIpc) is 3.20. The third-order valence-electron chi connectivity index (χ3n) is 3.81. The maximum Gasteiger partial charge on any atom is 0.180 e. The Kier molecular flexibility index (Phi) is 6.29. The van der Waals surface area contributed by atoms with Crippen molar-refractivity contribution in [3.05, 3.63) is 23.2 Å². The molecule has 2 aromatic rings. The van der Waals surface area contributed by atoms with Gasteiger partial charge in [-0.1, -0.05) is 0 Å². The molecule has 0 aliphatic carbocycles. The zero-order valence-electron chi connectivity index (χ0n) is 14.6. The lowest BCUT2D eigenvalue weighted by Gasteiger charge is -2.20. The van der Waals surface area contributed by atoms with E-state index >= 15 is 0 Å². The van der Waals surface area contributed by atoms with Gasteiger partial charge in [-0.15, -0.1) is 23.1 Å². The van der Waals surface area contributed by atoms with Gasteiger partial charge in [-0.3, -0.25) is 4.99 Å². The summed E-state index contributed by atoms with van der Waals surface area (Å²) in [7, 11) is 5.76. The van der Waals surface area contributed by atoms with Crippen LogP contribution in [-0.2, 0) is 9.47 Å². The predicted octanol–water partition coefficient (Wildman–Crippen LogP) is 2.80. The molecule has 0 saturated heterocycles. The summed E-state index contributed by atoms with van der Waals surface area (Å²) < 4.78 is 12.3. The van der Waals surface area contributed by atoms with Crippen LogP contribution in [0.2, 0.25) is 0 Å². The normalized spacial score (nSPS) is 18.9. The smallest absolute Gasteiger partial charge is 0.180 e. The first-order valence-electron chi connectivity index (χ1n) is 8.16. The minimum Gasteiger partial charge on any atom is -0.508 e. The van der Waals surface area contributed by atoms with Gasteiger partial charge in [-0.2, -0.15) is 0 Å². The topological polar surface area (TPSA) is 67.2 Å². The highest BCUT2D eigenvalue weighted by atomic mass is 32.2. The molecule has 8 heteroatoms. The maximum absolute atomic E-state index is 9.60. The second kappa shape index (κ2) is 8.46. The van der Waals surface area contributed by atoms with Gasteiger partial charge in [0.05, 0.1) is 16.8 Å². The summed E-state index contributed by atoms with van der Waals surface area (Å²) in [5, 5.41) is 11.4. The van der Waals surface area contributed by atoms with Crippen molar-refractivity contribution in [2.45, 2.75) is 18.8 Å². The Hall–Kier alpha value is -1.19. The van der Waals surface area contributed by atoms with E-state index in [9.17, 15) is 5.11 Å². The van der Waals surface area contributed by atoms with Crippen LogP contribution in [-0.4, -0.2) is 72.5 Å². The van der Waals surface area contributed by atoms with Crippen LogP contribution in [0, 0.1) is 0 Å². The number of methoxy groups -OCH3 is 1. The van der Waals surface area contributed by atoms with Gasteiger partial charge in [0, 0.05) is 12.9 Å². The molecule has 1 aliphatic heterocycles. The predicted molar refractivity (Wildman–Crippen MR) is 104 cm³/mol. The molecule has 1 aliphatic rings. The van der Waals surface area contributed by atoms with E-state index in [1.54, 1.807) is 42.3 Å². The standard InChI is InChI=1S/C17H23N3O3S2/c1-20(2)7-4-8-23-17(22-3)13-10-24-15(19-13)16-18-12-6-5-11(21)9-14(12)25-16/h5-6,9,13,17,21H,4,7-8,10H2,1-3H3. The Labute approximate surface area is 155 Å². The number of phenols is 1. The lowest BCUT2D eigenvalue weighted by Crippen LogP contribution is -2.30. The van der Waals surface area contributed by atoms with Gasteiger partial charge < -0.3 is 19.5 Å². The summed E-state index contributed by atoms with van der Waals surface area (Å²) >= 11 is 3.22. The third-order valence-corrected chi connectivity index (χ3v) is 6.04. The minimum atomic E-state index is -0.328. The van der Waals surface area contributed by atoms with Crippen LogP contribution in [0.1, 0.15) is 11.4 Å². The quantitative estimate of drug-likeness (QED) is 0.560. The van der Waals surface area contributed by atoms with E-state index in [-0.39, 0.29) is 18.1 Å². The largest absolute Gasteiger partial charge is 0.508 e. The first-order chi connectivity index (χ1) is 12.1. The lowest BCUT2D eigenvalue weighted by molar-refractivity contribution is -0.132. The number of thiazole rings is 1. The molecule has 0 amide bonds. The monoisotopic (exact) mass is 381 g/mol. The zero-order chi connectivity index (χ0) is 17.8. The lowest BCUT2D eigenvalue weighted by atomic mass is 10.3. The first kappa shape index (κ1) is 18.6. The average molecular weight is 382 g/mol. The van der Waals surface area contributed by atoms with Crippen LogP contribution in [0.3, 0.4) is 0 Å². The molecule has 0 radical (unpaired) electrons. The fourth-order valence-corrected chi connectivity index (χ4v) is 4.70. The summed E-state index contributed by atoms with van der Waals surface area (Å²) in [6, 6.07) is 5.19. The summed E-state index contributed by atoms with van der Waals surface area (Å²) in [4.78, 5) is 11.5. The Morgan fingerprint density at radius 3 is 3.00 bits per heavy atom. The van der Waals surface area contributed by atoms with Gasteiger partial charge in [0.2, 0.25) is 0 Å². The van der Waals surface area contributed by atoms with Crippen molar-refractivity contribution in [3.8, 4) is 5.75 Å². The molecule has 1 aromatic carbocycles. The van der Waals surface area contributed by atoms with Crippen molar-refractivity contribution in [1.82, 2.24) is 9.88 Å². The molecule has 25 heavy (non-hydrogen) atoms. The number of aromatic nitrogens is 1. The molecule has 2 unspecified atom stereocenters. The fourth-order valence-electron chi connectivity index (χ4n) is 2.57. The van der Waals surface area contributed by atoms with Crippen molar-refractivity contribution >= 4 is 38.4 Å². The van der Waals surface area contributed by atoms with Crippen LogP contribution in [0.5, 0.6) is 5.75 Å². The number of benzene rings is 1. The Bertz CT molecular complexity index is 748. The SMILES string of the molecule is COC(OCCCN(C)C)C1CSC(c2nc3ccc(O)cc3s2)=N1. The number of rotatable bonds is 8. The van der Waals surface area contributed by atoms with Gasteiger partial charge in [0.15, 0.2) is 6.29 Å². The second-order valence-corrected chi connectivity index (χ2v) is 8.15. The Morgan fingerprint density at radius 2 is 2.24 bits per heavy atom. The number of phenolic OH excluding ortho intramolecular Hbond substituents is 1. The van der Waals surface area contributed by atoms with E-state index < -0.39 is 0 Å². The summed E-state index contributed by atoms with van der Waals surface area (Å²) in [5.74, 6) is 1.08. The van der Waals surface area contributed by atoms with Gasteiger partial charge in [0.25, 0.3) is 0 Å². The van der Waals surface area contributed by atoms with E-state index in [4.69, 9.17) is 14.5 Å². The molecule has 0 fully saturated rings. The van der Waals surface area contributed by atoms with Gasteiger partial charge in [-0.25, -0.2) is 4.98 Å². The highest BCUT2D eigenvalue weighted by molar-refractivity contribution is 8.15. The first-order valence-corrected chi connectivity index (χ1v) is 9.96. The number of thioether (sulfide) groups is 1. The van der Waals surface area contributed by atoms with E-state index in [1.165, 1.54) is 0 Å². The molecule has 0 spiro atoms. The molecule has 3 rings (SSSR count). The van der Waals surface area contributed by atoms with Crippen LogP contribution >= 0.6 is 23.1 Å². The van der Waals surface area contributed by atoms with Crippen molar-refractivity contribution < 1.29 is 14.6 Å². The van der Waals surface area contributed by atoms with Gasteiger partial charge in [0.1, 0.15) is 21.8 Å². The Balaban J connectivity index is 1.65.